The van der Waals surface area contributed by atoms with Crippen molar-refractivity contribution in [3.63, 3.8) is 0 Å². The third kappa shape index (κ3) is 8.04. The number of thioether (sulfide) groups is 1. The van der Waals surface area contributed by atoms with Crippen molar-refractivity contribution in [1.29, 1.82) is 0 Å². The topological polar surface area (TPSA) is 18.5 Å². The molecule has 2 nitrogen and oxygen atoms in total. The molecule has 0 spiro atoms. The van der Waals surface area contributed by atoms with E-state index in [1.807, 2.05) is 24.3 Å². The molecule has 108 valence electrons. The van der Waals surface area contributed by atoms with Gasteiger partial charge in [-0.25, -0.2) is 0 Å². The van der Waals surface area contributed by atoms with Crippen molar-refractivity contribution >= 4 is 11.8 Å². The van der Waals surface area contributed by atoms with E-state index in [1.165, 1.54) is 25.0 Å². The third-order valence-corrected chi connectivity index (χ3v) is 4.01. The highest BCUT2D eigenvalue weighted by Crippen LogP contribution is 2.17. The Labute approximate surface area is 121 Å². The average Bonchev–Trinajstić information content (AvgIpc) is 2.42. The molecule has 0 heterocycles. The van der Waals surface area contributed by atoms with Gasteiger partial charge in [0, 0.05) is 0 Å². The summed E-state index contributed by atoms with van der Waals surface area (Å²) in [6, 6.07) is 7.77. The van der Waals surface area contributed by atoms with E-state index < -0.39 is 0 Å². The molecule has 0 saturated carbocycles. The Hall–Kier alpha value is -0.830. The van der Waals surface area contributed by atoms with Crippen LogP contribution < -0.4 is 9.47 Å². The number of hydrogen-bond acceptors (Lipinski definition) is 3. The number of rotatable bonds is 10. The Balaban J connectivity index is 1.98. The van der Waals surface area contributed by atoms with Gasteiger partial charge in [-0.2, -0.15) is 11.8 Å². The number of methoxy groups -OCH3 is 1. The summed E-state index contributed by atoms with van der Waals surface area (Å²) < 4.78 is 10.8. The van der Waals surface area contributed by atoms with Crippen LogP contribution in [0.5, 0.6) is 11.5 Å². The molecule has 0 bridgehead atoms. The average molecular weight is 282 g/mol. The molecule has 0 aliphatic rings. The second-order valence-electron chi connectivity index (χ2n) is 4.86. The second-order valence-corrected chi connectivity index (χ2v) is 6.54. The van der Waals surface area contributed by atoms with Crippen LogP contribution in [0.25, 0.3) is 0 Å². The van der Waals surface area contributed by atoms with E-state index in [0.717, 1.165) is 29.8 Å². The largest absolute Gasteiger partial charge is 0.497 e. The minimum atomic E-state index is 0.762. The van der Waals surface area contributed by atoms with Gasteiger partial charge in [0.2, 0.25) is 0 Å². The van der Waals surface area contributed by atoms with Crippen LogP contribution in [0.2, 0.25) is 0 Å². The summed E-state index contributed by atoms with van der Waals surface area (Å²) in [5, 5.41) is 0.762. The first kappa shape index (κ1) is 16.2. The summed E-state index contributed by atoms with van der Waals surface area (Å²) in [5.74, 6) is 3.09. The summed E-state index contributed by atoms with van der Waals surface area (Å²) in [5.41, 5.74) is 0. The highest BCUT2D eigenvalue weighted by molar-refractivity contribution is 7.99. The molecule has 0 amide bonds. The van der Waals surface area contributed by atoms with Crippen molar-refractivity contribution in [2.24, 2.45) is 0 Å². The summed E-state index contributed by atoms with van der Waals surface area (Å²) >= 11 is 2.05. The molecule has 0 aliphatic carbocycles. The molecule has 1 aromatic rings. The van der Waals surface area contributed by atoms with Gasteiger partial charge in [-0.05, 0) is 48.1 Å². The van der Waals surface area contributed by atoms with Crippen LogP contribution in [-0.2, 0) is 0 Å². The van der Waals surface area contributed by atoms with Crippen LogP contribution >= 0.6 is 11.8 Å². The lowest BCUT2D eigenvalue weighted by Gasteiger charge is -2.07. The third-order valence-electron chi connectivity index (χ3n) is 2.82. The molecule has 0 atom stereocenters. The van der Waals surface area contributed by atoms with Crippen LogP contribution in [0.4, 0.5) is 0 Å². The Morgan fingerprint density at radius 3 is 2.21 bits per heavy atom. The highest BCUT2D eigenvalue weighted by atomic mass is 32.2. The zero-order valence-corrected chi connectivity index (χ0v) is 13.2. The zero-order valence-electron chi connectivity index (χ0n) is 12.4. The fraction of sp³-hybridized carbons (Fsp3) is 0.625. The fourth-order valence-corrected chi connectivity index (χ4v) is 2.58. The smallest absolute Gasteiger partial charge is 0.119 e. The van der Waals surface area contributed by atoms with Gasteiger partial charge < -0.3 is 9.47 Å². The number of benzene rings is 1. The van der Waals surface area contributed by atoms with E-state index >= 15 is 0 Å². The summed E-state index contributed by atoms with van der Waals surface area (Å²) in [4.78, 5) is 0. The molecule has 1 rings (SSSR count). The van der Waals surface area contributed by atoms with Crippen molar-refractivity contribution in [1.82, 2.24) is 0 Å². The van der Waals surface area contributed by atoms with Gasteiger partial charge in [0.25, 0.3) is 0 Å². The van der Waals surface area contributed by atoms with Gasteiger partial charge in [0.05, 0.1) is 13.7 Å². The fourth-order valence-electron chi connectivity index (χ4n) is 1.74. The number of unbranched alkanes of at least 4 members (excludes halogenated alkanes) is 3. The number of hydrogen-bond donors (Lipinski definition) is 0. The maximum atomic E-state index is 5.69. The normalized spacial score (nSPS) is 10.7. The monoisotopic (exact) mass is 282 g/mol. The SMILES string of the molecule is COc1ccc(OCCCCCCSC(C)C)cc1. The standard InChI is InChI=1S/C16H26O2S/c1-14(2)19-13-7-5-4-6-12-18-16-10-8-15(17-3)9-11-16/h8-11,14H,4-7,12-13H2,1-3H3. The molecule has 0 unspecified atom stereocenters. The Kier molecular flexibility index (Phi) is 8.55. The zero-order chi connectivity index (χ0) is 13.9. The van der Waals surface area contributed by atoms with E-state index in [2.05, 4.69) is 25.6 Å². The summed E-state index contributed by atoms with van der Waals surface area (Å²) in [7, 11) is 1.67. The van der Waals surface area contributed by atoms with Gasteiger partial charge in [0.15, 0.2) is 0 Å². The van der Waals surface area contributed by atoms with Crippen LogP contribution in [-0.4, -0.2) is 24.7 Å². The predicted octanol–water partition coefficient (Wildman–Crippen LogP) is 4.78. The van der Waals surface area contributed by atoms with E-state index in [9.17, 15) is 0 Å². The molecule has 19 heavy (non-hydrogen) atoms. The molecule has 0 saturated heterocycles. The molecule has 3 heteroatoms. The molecule has 0 aliphatic heterocycles. The van der Waals surface area contributed by atoms with Crippen molar-refractivity contribution in [2.75, 3.05) is 19.5 Å². The Bertz CT molecular complexity index is 322. The summed E-state index contributed by atoms with van der Waals surface area (Å²) in [6.45, 7) is 5.32. The van der Waals surface area contributed by atoms with E-state index in [0.29, 0.717) is 0 Å². The van der Waals surface area contributed by atoms with Crippen LogP contribution in [0.3, 0.4) is 0 Å². The number of ether oxygens (including phenoxy) is 2. The van der Waals surface area contributed by atoms with E-state index in [4.69, 9.17) is 9.47 Å². The minimum absolute atomic E-state index is 0.762. The van der Waals surface area contributed by atoms with E-state index in [-0.39, 0.29) is 0 Å². The molecular weight excluding hydrogens is 256 g/mol. The van der Waals surface area contributed by atoms with Gasteiger partial charge >= 0.3 is 0 Å². The molecule has 0 aromatic heterocycles. The molecule has 0 radical (unpaired) electrons. The lowest BCUT2D eigenvalue weighted by atomic mass is 10.2. The van der Waals surface area contributed by atoms with Crippen LogP contribution in [0.15, 0.2) is 24.3 Å². The van der Waals surface area contributed by atoms with Crippen molar-refractivity contribution < 1.29 is 9.47 Å². The first-order chi connectivity index (χ1) is 9.22. The first-order valence-corrected chi connectivity index (χ1v) is 8.15. The lowest BCUT2D eigenvalue weighted by molar-refractivity contribution is 0.304. The van der Waals surface area contributed by atoms with Gasteiger partial charge in [0.1, 0.15) is 11.5 Å². The quantitative estimate of drug-likeness (QED) is 0.576. The molecule has 0 N–H and O–H groups in total. The van der Waals surface area contributed by atoms with Crippen molar-refractivity contribution in [3.05, 3.63) is 24.3 Å². The molecule has 1 aromatic carbocycles. The van der Waals surface area contributed by atoms with Gasteiger partial charge in [-0.15, -0.1) is 0 Å². The van der Waals surface area contributed by atoms with Gasteiger partial charge in [-0.3, -0.25) is 0 Å². The minimum Gasteiger partial charge on any atom is -0.497 e. The summed E-state index contributed by atoms with van der Waals surface area (Å²) in [6.07, 6.45) is 5.03. The van der Waals surface area contributed by atoms with Crippen LogP contribution in [0, 0.1) is 0 Å². The maximum Gasteiger partial charge on any atom is 0.119 e. The molecular formula is C16H26O2S. The van der Waals surface area contributed by atoms with Crippen molar-refractivity contribution in [3.8, 4) is 11.5 Å². The maximum absolute atomic E-state index is 5.69. The Morgan fingerprint density at radius 2 is 1.58 bits per heavy atom. The second kappa shape index (κ2) is 10.0. The van der Waals surface area contributed by atoms with Crippen molar-refractivity contribution in [2.45, 2.75) is 44.8 Å². The Morgan fingerprint density at radius 1 is 0.947 bits per heavy atom. The highest BCUT2D eigenvalue weighted by Gasteiger charge is 1.97. The first-order valence-electron chi connectivity index (χ1n) is 7.11. The molecule has 0 fully saturated rings. The predicted molar refractivity (Wildman–Crippen MR) is 84.6 cm³/mol. The van der Waals surface area contributed by atoms with Crippen LogP contribution in [0.1, 0.15) is 39.5 Å². The van der Waals surface area contributed by atoms with E-state index in [1.54, 1.807) is 7.11 Å². The van der Waals surface area contributed by atoms with Gasteiger partial charge in [-0.1, -0.05) is 26.7 Å². The lowest BCUT2D eigenvalue weighted by Crippen LogP contribution is -1.97.